The molecule has 0 spiro atoms. The Hall–Kier alpha value is -1.30. The summed E-state index contributed by atoms with van der Waals surface area (Å²) in [7, 11) is 2.00. The Labute approximate surface area is 101 Å². The van der Waals surface area contributed by atoms with Crippen LogP contribution in [0, 0.1) is 0 Å². The van der Waals surface area contributed by atoms with Crippen LogP contribution < -0.4 is 20.7 Å². The minimum absolute atomic E-state index is 0.647. The van der Waals surface area contributed by atoms with Gasteiger partial charge < -0.3 is 9.47 Å². The molecule has 1 aromatic carbocycles. The topological polar surface area (TPSA) is 59.8 Å². The molecule has 1 aliphatic heterocycles. The highest BCUT2D eigenvalue weighted by atomic mass is 16.5. The first kappa shape index (κ1) is 12.2. The summed E-state index contributed by atoms with van der Waals surface area (Å²) < 4.78 is 11.2. The SMILES string of the molecule is CN(CNN)Cc1ccc2c(c1)OCCCO2. The van der Waals surface area contributed by atoms with E-state index in [1.165, 1.54) is 5.56 Å². The number of fused-ring (bicyclic) bond motifs is 1. The lowest BCUT2D eigenvalue weighted by atomic mass is 10.2. The van der Waals surface area contributed by atoms with Gasteiger partial charge in [0, 0.05) is 13.0 Å². The Morgan fingerprint density at radius 3 is 2.82 bits per heavy atom. The third-order valence-corrected chi connectivity index (χ3v) is 2.63. The molecule has 17 heavy (non-hydrogen) atoms. The van der Waals surface area contributed by atoms with Crippen molar-refractivity contribution in [3.63, 3.8) is 0 Å². The third kappa shape index (κ3) is 3.33. The van der Waals surface area contributed by atoms with Crippen LogP contribution in [-0.4, -0.2) is 31.8 Å². The van der Waals surface area contributed by atoms with Crippen LogP contribution in [0.1, 0.15) is 12.0 Å². The Morgan fingerprint density at radius 2 is 2.06 bits per heavy atom. The maximum Gasteiger partial charge on any atom is 0.161 e. The molecule has 1 aliphatic rings. The van der Waals surface area contributed by atoms with E-state index in [0.29, 0.717) is 6.67 Å². The van der Waals surface area contributed by atoms with E-state index < -0.39 is 0 Å². The molecule has 5 heteroatoms. The van der Waals surface area contributed by atoms with Crippen LogP contribution in [0.5, 0.6) is 11.5 Å². The normalized spacial score (nSPS) is 14.8. The summed E-state index contributed by atoms with van der Waals surface area (Å²) in [6, 6.07) is 6.06. The van der Waals surface area contributed by atoms with Crippen molar-refractivity contribution in [3.05, 3.63) is 23.8 Å². The molecule has 0 atom stereocenters. The standard InChI is InChI=1S/C12H19N3O2/c1-15(9-14-13)8-10-3-4-11-12(7-10)17-6-2-5-16-11/h3-4,7,14H,2,5-6,8-9,13H2,1H3. The van der Waals surface area contributed by atoms with E-state index in [9.17, 15) is 0 Å². The second kappa shape index (κ2) is 5.86. The fraction of sp³-hybridized carbons (Fsp3) is 0.500. The van der Waals surface area contributed by atoms with Crippen LogP contribution in [0.3, 0.4) is 0 Å². The fourth-order valence-corrected chi connectivity index (χ4v) is 1.83. The molecule has 1 aromatic rings. The molecule has 2 rings (SSSR count). The zero-order valence-electron chi connectivity index (χ0n) is 10.1. The first-order chi connectivity index (χ1) is 8.29. The molecule has 1 heterocycles. The maximum atomic E-state index is 5.65. The van der Waals surface area contributed by atoms with Crippen molar-refractivity contribution < 1.29 is 9.47 Å². The largest absolute Gasteiger partial charge is 0.490 e. The number of nitrogens with one attached hydrogen (secondary N) is 1. The first-order valence-electron chi connectivity index (χ1n) is 5.80. The molecule has 0 fully saturated rings. The van der Waals surface area contributed by atoms with Crippen LogP contribution in [0.2, 0.25) is 0 Å². The number of hydrazine groups is 1. The van der Waals surface area contributed by atoms with Crippen LogP contribution in [0.4, 0.5) is 0 Å². The monoisotopic (exact) mass is 237 g/mol. The quantitative estimate of drug-likeness (QED) is 0.458. The minimum Gasteiger partial charge on any atom is -0.490 e. The fourth-order valence-electron chi connectivity index (χ4n) is 1.83. The van der Waals surface area contributed by atoms with Gasteiger partial charge in [-0.05, 0) is 24.7 Å². The van der Waals surface area contributed by atoms with Crippen LogP contribution in [0.15, 0.2) is 18.2 Å². The van der Waals surface area contributed by atoms with E-state index in [0.717, 1.165) is 37.7 Å². The van der Waals surface area contributed by atoms with Crippen molar-refractivity contribution in [2.45, 2.75) is 13.0 Å². The lowest BCUT2D eigenvalue weighted by Gasteiger charge is -2.16. The van der Waals surface area contributed by atoms with Gasteiger partial charge in [-0.3, -0.25) is 10.7 Å². The summed E-state index contributed by atoms with van der Waals surface area (Å²) >= 11 is 0. The number of hydrogen-bond donors (Lipinski definition) is 2. The number of nitrogens with two attached hydrogens (primary N) is 1. The molecule has 0 radical (unpaired) electrons. The number of rotatable bonds is 4. The smallest absolute Gasteiger partial charge is 0.161 e. The van der Waals surface area contributed by atoms with Crippen molar-refractivity contribution in [1.29, 1.82) is 0 Å². The third-order valence-electron chi connectivity index (χ3n) is 2.63. The molecule has 0 aliphatic carbocycles. The Bertz CT molecular complexity index is 371. The van der Waals surface area contributed by atoms with Gasteiger partial charge in [-0.25, -0.2) is 5.43 Å². The summed E-state index contributed by atoms with van der Waals surface area (Å²) in [6.07, 6.45) is 0.932. The highest BCUT2D eigenvalue weighted by Gasteiger charge is 2.11. The highest BCUT2D eigenvalue weighted by Crippen LogP contribution is 2.30. The Kier molecular flexibility index (Phi) is 4.19. The van der Waals surface area contributed by atoms with Gasteiger partial charge in [0.1, 0.15) is 0 Å². The molecule has 3 N–H and O–H groups in total. The van der Waals surface area contributed by atoms with Crippen LogP contribution >= 0.6 is 0 Å². The van der Waals surface area contributed by atoms with E-state index in [1.54, 1.807) is 0 Å². The predicted octanol–water partition coefficient (Wildman–Crippen LogP) is 0.701. The molecule has 0 bridgehead atoms. The van der Waals surface area contributed by atoms with E-state index >= 15 is 0 Å². The lowest BCUT2D eigenvalue weighted by molar-refractivity contribution is 0.295. The molecular weight excluding hydrogens is 218 g/mol. The summed E-state index contributed by atoms with van der Waals surface area (Å²) in [4.78, 5) is 2.08. The second-order valence-electron chi connectivity index (χ2n) is 4.21. The number of nitrogens with zero attached hydrogens (tertiary/aromatic N) is 1. The second-order valence-corrected chi connectivity index (χ2v) is 4.21. The molecule has 0 aromatic heterocycles. The van der Waals surface area contributed by atoms with Crippen molar-refractivity contribution in [3.8, 4) is 11.5 Å². The minimum atomic E-state index is 0.647. The van der Waals surface area contributed by atoms with E-state index in [4.69, 9.17) is 15.3 Å². The summed E-state index contributed by atoms with van der Waals surface area (Å²) in [5.74, 6) is 6.96. The van der Waals surface area contributed by atoms with Crippen LogP contribution in [0.25, 0.3) is 0 Å². The maximum absolute atomic E-state index is 5.65. The van der Waals surface area contributed by atoms with E-state index in [-0.39, 0.29) is 0 Å². The molecule has 0 saturated carbocycles. The average molecular weight is 237 g/mol. The van der Waals surface area contributed by atoms with Gasteiger partial charge in [-0.15, -0.1) is 0 Å². The summed E-state index contributed by atoms with van der Waals surface area (Å²) in [5.41, 5.74) is 3.82. The van der Waals surface area contributed by atoms with Crippen molar-refractivity contribution in [1.82, 2.24) is 10.3 Å². The van der Waals surface area contributed by atoms with Crippen LogP contribution in [-0.2, 0) is 6.54 Å². The van der Waals surface area contributed by atoms with Gasteiger partial charge in [0.25, 0.3) is 0 Å². The zero-order valence-corrected chi connectivity index (χ0v) is 10.1. The summed E-state index contributed by atoms with van der Waals surface area (Å²) in [5, 5.41) is 0. The van der Waals surface area contributed by atoms with Gasteiger partial charge in [-0.2, -0.15) is 0 Å². The molecule has 5 nitrogen and oxygen atoms in total. The molecular formula is C12H19N3O2. The first-order valence-corrected chi connectivity index (χ1v) is 5.80. The number of ether oxygens (including phenoxy) is 2. The van der Waals surface area contributed by atoms with Gasteiger partial charge in [0.15, 0.2) is 11.5 Å². The Balaban J connectivity index is 2.07. The lowest BCUT2D eigenvalue weighted by Crippen LogP contribution is -2.34. The van der Waals surface area contributed by atoms with E-state index in [2.05, 4.69) is 16.4 Å². The predicted molar refractivity (Wildman–Crippen MR) is 65.7 cm³/mol. The van der Waals surface area contributed by atoms with Gasteiger partial charge in [-0.1, -0.05) is 6.07 Å². The molecule has 94 valence electrons. The van der Waals surface area contributed by atoms with Gasteiger partial charge in [0.05, 0.1) is 19.9 Å². The highest BCUT2D eigenvalue weighted by molar-refractivity contribution is 5.43. The summed E-state index contributed by atoms with van der Waals surface area (Å²) in [6.45, 7) is 2.91. The van der Waals surface area contributed by atoms with Crippen molar-refractivity contribution in [2.75, 3.05) is 26.9 Å². The van der Waals surface area contributed by atoms with Crippen molar-refractivity contribution >= 4 is 0 Å². The molecule has 0 unspecified atom stereocenters. The zero-order chi connectivity index (χ0) is 12.1. The number of hydrogen-bond acceptors (Lipinski definition) is 5. The molecule has 0 saturated heterocycles. The van der Waals surface area contributed by atoms with Crippen molar-refractivity contribution in [2.24, 2.45) is 5.84 Å². The van der Waals surface area contributed by atoms with Gasteiger partial charge >= 0.3 is 0 Å². The Morgan fingerprint density at radius 1 is 1.29 bits per heavy atom. The number of benzene rings is 1. The van der Waals surface area contributed by atoms with E-state index in [1.807, 2.05) is 19.2 Å². The van der Waals surface area contributed by atoms with Gasteiger partial charge in [0.2, 0.25) is 0 Å². The molecule has 0 amide bonds. The average Bonchev–Trinajstić information content (AvgIpc) is 2.53.